The van der Waals surface area contributed by atoms with Crippen molar-refractivity contribution >= 4 is 17.3 Å². The summed E-state index contributed by atoms with van der Waals surface area (Å²) in [5.41, 5.74) is 13.5. The minimum atomic E-state index is -0.358. The number of carbonyl (C=O) groups excluding carboxylic acids is 1. The fourth-order valence-corrected chi connectivity index (χ4v) is 1.72. The Morgan fingerprint density at radius 1 is 1.31 bits per heavy atom. The van der Waals surface area contributed by atoms with Crippen molar-refractivity contribution in [2.24, 2.45) is 5.73 Å². The molecule has 0 radical (unpaired) electrons. The molecule has 4 heteroatoms. The van der Waals surface area contributed by atoms with Gasteiger partial charge in [0.05, 0.1) is 6.42 Å². The summed E-state index contributed by atoms with van der Waals surface area (Å²) < 4.78 is 0. The van der Waals surface area contributed by atoms with Crippen LogP contribution < -0.4 is 16.4 Å². The molecule has 0 atom stereocenters. The van der Waals surface area contributed by atoms with Gasteiger partial charge in [0, 0.05) is 24.5 Å². The van der Waals surface area contributed by atoms with Gasteiger partial charge in [-0.05, 0) is 37.6 Å². The maximum absolute atomic E-state index is 10.9. The van der Waals surface area contributed by atoms with Crippen LogP contribution in [0.25, 0.3) is 0 Å². The van der Waals surface area contributed by atoms with E-state index in [-0.39, 0.29) is 12.3 Å². The van der Waals surface area contributed by atoms with E-state index < -0.39 is 0 Å². The van der Waals surface area contributed by atoms with Crippen LogP contribution in [0.2, 0.25) is 0 Å². The molecular formula is C12H19N3O. The van der Waals surface area contributed by atoms with Crippen LogP contribution in [0.4, 0.5) is 11.4 Å². The summed E-state index contributed by atoms with van der Waals surface area (Å²) in [6.07, 6.45) is 0.195. The van der Waals surface area contributed by atoms with Crippen LogP contribution >= 0.6 is 0 Å². The van der Waals surface area contributed by atoms with Gasteiger partial charge in [-0.2, -0.15) is 0 Å². The van der Waals surface area contributed by atoms with Crippen molar-refractivity contribution in [2.75, 3.05) is 23.7 Å². The molecule has 1 rings (SSSR count). The third-order valence-electron chi connectivity index (χ3n) is 2.62. The number of carbonyl (C=O) groups is 1. The predicted molar refractivity (Wildman–Crippen MR) is 67.3 cm³/mol. The van der Waals surface area contributed by atoms with E-state index in [0.29, 0.717) is 5.69 Å². The van der Waals surface area contributed by atoms with E-state index in [2.05, 4.69) is 18.7 Å². The Balaban J connectivity index is 3.01. The number of nitrogens with two attached hydrogens (primary N) is 2. The smallest absolute Gasteiger partial charge is 0.221 e. The number of hydrogen-bond acceptors (Lipinski definition) is 3. The topological polar surface area (TPSA) is 72.3 Å². The lowest BCUT2D eigenvalue weighted by Crippen LogP contribution is -2.22. The number of anilines is 2. The molecule has 4 N–H and O–H groups in total. The number of hydrogen-bond donors (Lipinski definition) is 2. The number of nitrogen functional groups attached to an aromatic ring is 1. The standard InChI is InChI=1S/C12H19N3O/c1-3-15(4-2)10-5-6-11(13)9(7-10)8-12(14)16/h5-7H,3-4,8,13H2,1-2H3,(H2,14,16). The van der Waals surface area contributed by atoms with E-state index in [1.54, 1.807) is 0 Å². The first kappa shape index (κ1) is 12.4. The van der Waals surface area contributed by atoms with Gasteiger partial charge in [0.1, 0.15) is 0 Å². The normalized spacial score (nSPS) is 10.1. The molecular weight excluding hydrogens is 202 g/mol. The van der Waals surface area contributed by atoms with Crippen molar-refractivity contribution in [2.45, 2.75) is 20.3 Å². The monoisotopic (exact) mass is 221 g/mol. The predicted octanol–water partition coefficient (Wildman–Crippen LogP) is 1.14. The Kier molecular flexibility index (Phi) is 4.17. The van der Waals surface area contributed by atoms with Gasteiger partial charge in [-0.25, -0.2) is 0 Å². The van der Waals surface area contributed by atoms with Gasteiger partial charge in [-0.1, -0.05) is 0 Å². The molecule has 0 saturated heterocycles. The van der Waals surface area contributed by atoms with E-state index >= 15 is 0 Å². The molecule has 1 aromatic carbocycles. The van der Waals surface area contributed by atoms with Crippen LogP contribution in [0, 0.1) is 0 Å². The molecule has 88 valence electrons. The minimum absolute atomic E-state index is 0.195. The Bertz CT molecular complexity index is 373. The van der Waals surface area contributed by atoms with Gasteiger partial charge in [0.15, 0.2) is 0 Å². The highest BCUT2D eigenvalue weighted by atomic mass is 16.1. The van der Waals surface area contributed by atoms with Crippen LogP contribution in [0.3, 0.4) is 0 Å². The average molecular weight is 221 g/mol. The van der Waals surface area contributed by atoms with Gasteiger partial charge >= 0.3 is 0 Å². The van der Waals surface area contributed by atoms with E-state index in [4.69, 9.17) is 11.5 Å². The van der Waals surface area contributed by atoms with Crippen molar-refractivity contribution in [1.29, 1.82) is 0 Å². The third kappa shape index (κ3) is 2.89. The molecule has 0 saturated carbocycles. The second-order valence-corrected chi connectivity index (χ2v) is 3.70. The fraction of sp³-hybridized carbons (Fsp3) is 0.417. The SMILES string of the molecule is CCN(CC)c1ccc(N)c(CC(N)=O)c1. The molecule has 0 aliphatic carbocycles. The number of benzene rings is 1. The highest BCUT2D eigenvalue weighted by Crippen LogP contribution is 2.21. The van der Waals surface area contributed by atoms with E-state index in [1.165, 1.54) is 0 Å². The molecule has 0 bridgehead atoms. The highest BCUT2D eigenvalue weighted by Gasteiger charge is 2.07. The van der Waals surface area contributed by atoms with Crippen LogP contribution in [-0.2, 0) is 11.2 Å². The molecule has 0 aliphatic heterocycles. The molecule has 1 aromatic rings. The van der Waals surface area contributed by atoms with Crippen LogP contribution in [0.15, 0.2) is 18.2 Å². The lowest BCUT2D eigenvalue weighted by atomic mass is 10.1. The maximum Gasteiger partial charge on any atom is 0.221 e. The quantitative estimate of drug-likeness (QED) is 0.732. The zero-order chi connectivity index (χ0) is 12.1. The Hall–Kier alpha value is -1.71. The first-order valence-corrected chi connectivity index (χ1v) is 5.50. The summed E-state index contributed by atoms with van der Waals surface area (Å²) in [5.74, 6) is -0.358. The summed E-state index contributed by atoms with van der Waals surface area (Å²) in [6, 6.07) is 5.73. The van der Waals surface area contributed by atoms with Crippen molar-refractivity contribution in [3.05, 3.63) is 23.8 Å². The molecule has 0 heterocycles. The molecule has 0 spiro atoms. The fourth-order valence-electron chi connectivity index (χ4n) is 1.72. The van der Waals surface area contributed by atoms with Crippen molar-refractivity contribution in [3.8, 4) is 0 Å². The van der Waals surface area contributed by atoms with Crippen LogP contribution in [0.5, 0.6) is 0 Å². The second kappa shape index (κ2) is 5.39. The largest absolute Gasteiger partial charge is 0.398 e. The van der Waals surface area contributed by atoms with E-state index in [9.17, 15) is 4.79 Å². The third-order valence-corrected chi connectivity index (χ3v) is 2.62. The number of nitrogens with zero attached hydrogens (tertiary/aromatic N) is 1. The minimum Gasteiger partial charge on any atom is -0.398 e. The van der Waals surface area contributed by atoms with Crippen molar-refractivity contribution < 1.29 is 4.79 Å². The summed E-state index contributed by atoms with van der Waals surface area (Å²) in [7, 11) is 0. The molecule has 0 aliphatic rings. The van der Waals surface area contributed by atoms with Crippen LogP contribution in [-0.4, -0.2) is 19.0 Å². The molecule has 0 unspecified atom stereocenters. The zero-order valence-electron chi connectivity index (χ0n) is 9.86. The Labute approximate surface area is 96.2 Å². The number of amides is 1. The first-order valence-electron chi connectivity index (χ1n) is 5.50. The van der Waals surface area contributed by atoms with E-state index in [0.717, 1.165) is 24.3 Å². The summed E-state index contributed by atoms with van der Waals surface area (Å²) in [6.45, 7) is 6.04. The zero-order valence-corrected chi connectivity index (χ0v) is 9.86. The lowest BCUT2D eigenvalue weighted by molar-refractivity contribution is -0.117. The maximum atomic E-state index is 10.9. The molecule has 4 nitrogen and oxygen atoms in total. The van der Waals surface area contributed by atoms with E-state index in [1.807, 2.05) is 18.2 Å². The van der Waals surface area contributed by atoms with Gasteiger partial charge in [-0.15, -0.1) is 0 Å². The second-order valence-electron chi connectivity index (χ2n) is 3.70. The number of rotatable bonds is 5. The van der Waals surface area contributed by atoms with Gasteiger partial charge in [0.2, 0.25) is 5.91 Å². The molecule has 0 fully saturated rings. The number of primary amides is 1. The van der Waals surface area contributed by atoms with Gasteiger partial charge < -0.3 is 16.4 Å². The highest BCUT2D eigenvalue weighted by molar-refractivity contribution is 5.79. The van der Waals surface area contributed by atoms with Gasteiger partial charge in [-0.3, -0.25) is 4.79 Å². The van der Waals surface area contributed by atoms with Crippen LogP contribution in [0.1, 0.15) is 19.4 Å². The Morgan fingerprint density at radius 3 is 2.44 bits per heavy atom. The summed E-state index contributed by atoms with van der Waals surface area (Å²) in [5, 5.41) is 0. The first-order chi connectivity index (χ1) is 7.58. The van der Waals surface area contributed by atoms with Crippen molar-refractivity contribution in [1.82, 2.24) is 0 Å². The Morgan fingerprint density at radius 2 is 1.94 bits per heavy atom. The van der Waals surface area contributed by atoms with Crippen molar-refractivity contribution in [3.63, 3.8) is 0 Å². The summed E-state index contributed by atoms with van der Waals surface area (Å²) >= 11 is 0. The lowest BCUT2D eigenvalue weighted by Gasteiger charge is -2.22. The average Bonchev–Trinajstić information content (AvgIpc) is 2.23. The molecule has 16 heavy (non-hydrogen) atoms. The molecule has 0 aromatic heterocycles. The van der Waals surface area contributed by atoms with Gasteiger partial charge in [0.25, 0.3) is 0 Å². The summed E-state index contributed by atoms with van der Waals surface area (Å²) in [4.78, 5) is 13.1. The molecule has 1 amide bonds.